The zero-order valence-corrected chi connectivity index (χ0v) is 12.2. The number of rotatable bonds is 5. The Morgan fingerprint density at radius 1 is 1.45 bits per heavy atom. The van der Waals surface area contributed by atoms with E-state index in [-0.39, 0.29) is 17.8 Å². The van der Waals surface area contributed by atoms with Crippen LogP contribution in [-0.4, -0.2) is 18.0 Å². The molecule has 0 spiro atoms. The lowest BCUT2D eigenvalue weighted by molar-refractivity contribution is -0.128. The van der Waals surface area contributed by atoms with Crippen LogP contribution >= 0.6 is 0 Å². The van der Waals surface area contributed by atoms with Gasteiger partial charge >= 0.3 is 0 Å². The quantitative estimate of drug-likeness (QED) is 0.869. The summed E-state index contributed by atoms with van der Waals surface area (Å²) >= 11 is 0. The van der Waals surface area contributed by atoms with Crippen molar-refractivity contribution in [2.24, 2.45) is 0 Å². The average molecular weight is 278 g/mol. The maximum atomic E-state index is 12.9. The molecule has 0 saturated carbocycles. The van der Waals surface area contributed by atoms with Gasteiger partial charge in [0.15, 0.2) is 0 Å². The highest BCUT2D eigenvalue weighted by Crippen LogP contribution is 2.26. The molecule has 1 aliphatic heterocycles. The van der Waals surface area contributed by atoms with Crippen LogP contribution in [-0.2, 0) is 4.79 Å². The first-order valence-corrected chi connectivity index (χ1v) is 7.39. The molecular formula is C16H23FN2O. The highest BCUT2D eigenvalue weighted by atomic mass is 19.1. The van der Waals surface area contributed by atoms with Gasteiger partial charge in [0.25, 0.3) is 0 Å². The van der Waals surface area contributed by atoms with Crippen LogP contribution in [0.2, 0.25) is 0 Å². The van der Waals surface area contributed by atoms with Gasteiger partial charge in [0, 0.05) is 0 Å². The van der Waals surface area contributed by atoms with E-state index < -0.39 is 5.54 Å². The molecule has 1 aliphatic rings. The number of nitrogens with one attached hydrogen (secondary N) is 2. The van der Waals surface area contributed by atoms with E-state index in [1.807, 2.05) is 6.92 Å². The molecular weight excluding hydrogens is 255 g/mol. The number of hydrogen-bond acceptors (Lipinski definition) is 2. The van der Waals surface area contributed by atoms with E-state index in [9.17, 15) is 9.18 Å². The van der Waals surface area contributed by atoms with Gasteiger partial charge in [-0.25, -0.2) is 4.39 Å². The predicted molar refractivity (Wildman–Crippen MR) is 77.8 cm³/mol. The van der Waals surface area contributed by atoms with Gasteiger partial charge < -0.3 is 10.6 Å². The van der Waals surface area contributed by atoms with Crippen molar-refractivity contribution >= 4 is 5.91 Å². The van der Waals surface area contributed by atoms with E-state index in [0.717, 1.165) is 37.8 Å². The molecule has 2 atom stereocenters. The summed E-state index contributed by atoms with van der Waals surface area (Å²) in [5.41, 5.74) is 0.507. The molecule has 2 rings (SSSR count). The highest BCUT2D eigenvalue weighted by Gasteiger charge is 2.40. The average Bonchev–Trinajstić information content (AvgIpc) is 2.89. The number of carbonyl (C=O) groups is 1. The second-order valence-electron chi connectivity index (χ2n) is 5.61. The van der Waals surface area contributed by atoms with Crippen LogP contribution in [0.3, 0.4) is 0 Å². The second kappa shape index (κ2) is 6.35. The number of hydrogen-bond donors (Lipinski definition) is 2. The molecule has 4 heteroatoms. The Hall–Kier alpha value is -1.42. The Kier molecular flexibility index (Phi) is 4.76. The molecule has 20 heavy (non-hydrogen) atoms. The van der Waals surface area contributed by atoms with Crippen LogP contribution in [0.5, 0.6) is 0 Å². The molecule has 1 saturated heterocycles. The first-order valence-electron chi connectivity index (χ1n) is 7.39. The fraction of sp³-hybridized carbons (Fsp3) is 0.562. The van der Waals surface area contributed by atoms with Crippen LogP contribution < -0.4 is 10.6 Å². The van der Waals surface area contributed by atoms with Crippen molar-refractivity contribution in [3.05, 3.63) is 35.6 Å². The molecule has 1 aromatic rings. The van der Waals surface area contributed by atoms with Crippen LogP contribution in [0.1, 0.15) is 51.1 Å². The van der Waals surface area contributed by atoms with Crippen molar-refractivity contribution < 1.29 is 9.18 Å². The maximum Gasteiger partial charge on any atom is 0.240 e. The summed E-state index contributed by atoms with van der Waals surface area (Å²) in [6, 6.07) is 6.17. The summed E-state index contributed by atoms with van der Waals surface area (Å²) in [6.07, 6.45) is 3.77. The third kappa shape index (κ3) is 3.18. The number of carbonyl (C=O) groups excluding carboxylic acids is 1. The Morgan fingerprint density at radius 3 is 2.70 bits per heavy atom. The smallest absolute Gasteiger partial charge is 0.240 e. The Balaban J connectivity index is 2.04. The number of benzene rings is 1. The standard InChI is InChI=1S/C16H23FN2O/c1-3-9-16(10-4-11-18-16)15(20)19-12(2)13-5-7-14(17)8-6-13/h5-8,12,18H,3-4,9-11H2,1-2H3,(H,19,20). The highest BCUT2D eigenvalue weighted by molar-refractivity contribution is 5.87. The first kappa shape index (κ1) is 15.0. The second-order valence-corrected chi connectivity index (χ2v) is 5.61. The van der Waals surface area contributed by atoms with Crippen LogP contribution in [0.25, 0.3) is 0 Å². The molecule has 2 unspecified atom stereocenters. The summed E-state index contributed by atoms with van der Waals surface area (Å²) in [5, 5.41) is 6.42. The normalized spacial score (nSPS) is 23.6. The largest absolute Gasteiger partial charge is 0.348 e. The third-order valence-electron chi connectivity index (χ3n) is 4.07. The molecule has 1 heterocycles. The first-order chi connectivity index (χ1) is 9.57. The monoisotopic (exact) mass is 278 g/mol. The zero-order chi connectivity index (χ0) is 14.6. The molecule has 2 N–H and O–H groups in total. The topological polar surface area (TPSA) is 41.1 Å². The molecule has 1 fully saturated rings. The van der Waals surface area contributed by atoms with Crippen LogP contribution in [0.15, 0.2) is 24.3 Å². The molecule has 1 aromatic carbocycles. The Labute approximate surface area is 120 Å². The van der Waals surface area contributed by atoms with E-state index in [4.69, 9.17) is 0 Å². The van der Waals surface area contributed by atoms with Crippen molar-refractivity contribution in [3.63, 3.8) is 0 Å². The minimum Gasteiger partial charge on any atom is -0.348 e. The molecule has 0 aromatic heterocycles. The van der Waals surface area contributed by atoms with Gasteiger partial charge in [0.1, 0.15) is 5.82 Å². The van der Waals surface area contributed by atoms with Crippen molar-refractivity contribution in [1.29, 1.82) is 0 Å². The van der Waals surface area contributed by atoms with Gasteiger partial charge in [-0.2, -0.15) is 0 Å². The Morgan fingerprint density at radius 2 is 2.15 bits per heavy atom. The van der Waals surface area contributed by atoms with Crippen LogP contribution in [0, 0.1) is 5.82 Å². The minimum absolute atomic E-state index is 0.0636. The van der Waals surface area contributed by atoms with Crippen molar-refractivity contribution in [1.82, 2.24) is 10.6 Å². The van der Waals surface area contributed by atoms with E-state index in [1.165, 1.54) is 12.1 Å². The summed E-state index contributed by atoms with van der Waals surface area (Å²) in [5.74, 6) is -0.194. The molecule has 1 amide bonds. The maximum absolute atomic E-state index is 12.9. The summed E-state index contributed by atoms with van der Waals surface area (Å²) in [4.78, 5) is 12.6. The fourth-order valence-corrected chi connectivity index (χ4v) is 2.92. The third-order valence-corrected chi connectivity index (χ3v) is 4.07. The van der Waals surface area contributed by atoms with E-state index >= 15 is 0 Å². The minimum atomic E-state index is -0.414. The van der Waals surface area contributed by atoms with Gasteiger partial charge in [0.2, 0.25) is 5.91 Å². The fourth-order valence-electron chi connectivity index (χ4n) is 2.92. The predicted octanol–water partition coefficient (Wildman–Crippen LogP) is 2.93. The lowest BCUT2D eigenvalue weighted by Crippen LogP contribution is -2.53. The SMILES string of the molecule is CCCC1(C(=O)NC(C)c2ccc(F)cc2)CCCN1. The van der Waals surface area contributed by atoms with E-state index in [1.54, 1.807) is 12.1 Å². The molecule has 0 aliphatic carbocycles. The lowest BCUT2D eigenvalue weighted by Gasteiger charge is -2.29. The van der Waals surface area contributed by atoms with E-state index in [0.29, 0.717) is 0 Å². The van der Waals surface area contributed by atoms with Gasteiger partial charge in [-0.3, -0.25) is 4.79 Å². The molecule has 110 valence electrons. The summed E-state index contributed by atoms with van der Waals surface area (Å²) in [7, 11) is 0. The van der Waals surface area contributed by atoms with Gasteiger partial charge in [0.05, 0.1) is 11.6 Å². The molecule has 0 bridgehead atoms. The molecule has 0 radical (unpaired) electrons. The Bertz CT molecular complexity index is 452. The number of amides is 1. The summed E-state index contributed by atoms with van der Waals surface area (Å²) in [6.45, 7) is 4.93. The van der Waals surface area contributed by atoms with Crippen molar-refractivity contribution in [2.45, 2.75) is 51.1 Å². The van der Waals surface area contributed by atoms with Gasteiger partial charge in [-0.05, 0) is 50.4 Å². The van der Waals surface area contributed by atoms with Gasteiger partial charge in [-0.1, -0.05) is 25.5 Å². The van der Waals surface area contributed by atoms with E-state index in [2.05, 4.69) is 17.6 Å². The van der Waals surface area contributed by atoms with Gasteiger partial charge in [-0.15, -0.1) is 0 Å². The molecule has 3 nitrogen and oxygen atoms in total. The summed E-state index contributed by atoms with van der Waals surface area (Å²) < 4.78 is 12.9. The van der Waals surface area contributed by atoms with Crippen molar-refractivity contribution in [2.75, 3.05) is 6.54 Å². The zero-order valence-electron chi connectivity index (χ0n) is 12.2. The van der Waals surface area contributed by atoms with Crippen molar-refractivity contribution in [3.8, 4) is 0 Å². The number of halogens is 1. The lowest BCUT2D eigenvalue weighted by atomic mass is 9.90. The van der Waals surface area contributed by atoms with Crippen LogP contribution in [0.4, 0.5) is 4.39 Å².